The van der Waals surface area contributed by atoms with Gasteiger partial charge in [-0.05, 0) is 55.2 Å². The molecule has 0 spiro atoms. The molecule has 90 valence electrons. The summed E-state index contributed by atoms with van der Waals surface area (Å²) in [5.41, 5.74) is 6.99. The van der Waals surface area contributed by atoms with Gasteiger partial charge in [0.05, 0.1) is 0 Å². The summed E-state index contributed by atoms with van der Waals surface area (Å²) in [6.07, 6.45) is 3.50. The highest BCUT2D eigenvalue weighted by Crippen LogP contribution is 2.20. The Hall–Kier alpha value is -0.470. The average Bonchev–Trinajstić information content (AvgIpc) is 2.28. The normalized spacial score (nSPS) is 12.7. The fourth-order valence-corrected chi connectivity index (χ4v) is 2.50. The van der Waals surface area contributed by atoms with Crippen molar-refractivity contribution >= 4 is 11.8 Å². The lowest BCUT2D eigenvalue weighted by Gasteiger charge is -2.10. The highest BCUT2D eigenvalue weighted by molar-refractivity contribution is 7.99. The quantitative estimate of drug-likeness (QED) is 0.732. The minimum absolute atomic E-state index is 0.694. The molecule has 0 aliphatic carbocycles. The first-order valence-corrected chi connectivity index (χ1v) is 7.16. The number of thioether (sulfide) groups is 1. The zero-order valence-electron chi connectivity index (χ0n) is 10.4. The van der Waals surface area contributed by atoms with Gasteiger partial charge in [-0.2, -0.15) is 0 Å². The van der Waals surface area contributed by atoms with Crippen molar-refractivity contribution in [3.05, 3.63) is 29.8 Å². The fourth-order valence-electron chi connectivity index (χ4n) is 1.73. The summed E-state index contributed by atoms with van der Waals surface area (Å²) >= 11 is 1.94. The van der Waals surface area contributed by atoms with Gasteiger partial charge in [0, 0.05) is 4.90 Å². The first kappa shape index (κ1) is 13.6. The molecule has 0 saturated carbocycles. The van der Waals surface area contributed by atoms with E-state index in [0.717, 1.165) is 19.4 Å². The van der Waals surface area contributed by atoms with Crippen LogP contribution in [0.5, 0.6) is 0 Å². The summed E-state index contributed by atoms with van der Waals surface area (Å²) in [5, 5.41) is 0. The maximum absolute atomic E-state index is 5.56. The predicted molar refractivity (Wildman–Crippen MR) is 74.0 cm³/mol. The van der Waals surface area contributed by atoms with Gasteiger partial charge >= 0.3 is 0 Å². The number of hydrogen-bond acceptors (Lipinski definition) is 2. The molecular weight excluding hydrogens is 214 g/mol. The molecule has 0 fully saturated rings. The Balaban J connectivity index is 2.44. The molecule has 0 aliphatic heterocycles. The van der Waals surface area contributed by atoms with Crippen molar-refractivity contribution in [2.75, 3.05) is 12.3 Å². The van der Waals surface area contributed by atoms with Gasteiger partial charge in [-0.25, -0.2) is 0 Å². The van der Waals surface area contributed by atoms with Crippen molar-refractivity contribution in [2.24, 2.45) is 11.7 Å². The Morgan fingerprint density at radius 1 is 1.25 bits per heavy atom. The van der Waals surface area contributed by atoms with Crippen LogP contribution in [0.2, 0.25) is 0 Å². The molecule has 1 aromatic carbocycles. The summed E-state index contributed by atoms with van der Waals surface area (Å²) in [7, 11) is 0. The van der Waals surface area contributed by atoms with Gasteiger partial charge in [0.2, 0.25) is 0 Å². The molecule has 0 bridgehead atoms. The summed E-state index contributed by atoms with van der Waals surface area (Å²) in [6, 6.07) is 8.99. The van der Waals surface area contributed by atoms with Crippen LogP contribution in [-0.4, -0.2) is 12.3 Å². The van der Waals surface area contributed by atoms with Crippen LogP contribution in [0.1, 0.15) is 32.3 Å². The highest BCUT2D eigenvalue weighted by atomic mass is 32.2. The molecule has 0 aromatic heterocycles. The second-order valence-electron chi connectivity index (χ2n) is 4.38. The number of hydrogen-bond donors (Lipinski definition) is 1. The molecule has 0 aliphatic rings. The molecule has 2 heteroatoms. The van der Waals surface area contributed by atoms with E-state index in [9.17, 15) is 0 Å². The van der Waals surface area contributed by atoms with Gasteiger partial charge in [0.25, 0.3) is 0 Å². The van der Waals surface area contributed by atoms with Gasteiger partial charge in [-0.3, -0.25) is 0 Å². The van der Waals surface area contributed by atoms with E-state index in [2.05, 4.69) is 38.1 Å². The third-order valence-electron chi connectivity index (χ3n) is 2.64. The molecule has 16 heavy (non-hydrogen) atoms. The first-order valence-electron chi connectivity index (χ1n) is 6.18. The first-order chi connectivity index (χ1) is 7.76. The Morgan fingerprint density at radius 2 is 1.94 bits per heavy atom. The minimum atomic E-state index is 0.694. The van der Waals surface area contributed by atoms with E-state index in [1.165, 1.54) is 22.6 Å². The molecule has 0 heterocycles. The largest absolute Gasteiger partial charge is 0.330 e. The van der Waals surface area contributed by atoms with E-state index >= 15 is 0 Å². The molecule has 2 N–H and O–H groups in total. The lowest BCUT2D eigenvalue weighted by molar-refractivity contribution is 0.538. The van der Waals surface area contributed by atoms with Crippen LogP contribution in [0, 0.1) is 5.92 Å². The smallest absolute Gasteiger partial charge is 0.00721 e. The van der Waals surface area contributed by atoms with E-state index in [0.29, 0.717) is 5.92 Å². The molecule has 0 radical (unpaired) electrons. The van der Waals surface area contributed by atoms with Gasteiger partial charge in [-0.1, -0.05) is 26.0 Å². The monoisotopic (exact) mass is 237 g/mol. The van der Waals surface area contributed by atoms with Gasteiger partial charge in [-0.15, -0.1) is 11.8 Å². The summed E-state index contributed by atoms with van der Waals surface area (Å²) in [5.74, 6) is 1.90. The number of nitrogens with two attached hydrogens (primary N) is 1. The molecule has 1 aromatic rings. The van der Waals surface area contributed by atoms with Crippen LogP contribution in [0.3, 0.4) is 0 Å². The van der Waals surface area contributed by atoms with Crippen molar-refractivity contribution in [1.82, 2.24) is 0 Å². The van der Waals surface area contributed by atoms with Crippen LogP contribution >= 0.6 is 11.8 Å². The van der Waals surface area contributed by atoms with E-state index in [-0.39, 0.29) is 0 Å². The number of benzene rings is 1. The van der Waals surface area contributed by atoms with Crippen LogP contribution in [0.15, 0.2) is 29.2 Å². The number of rotatable bonds is 7. The van der Waals surface area contributed by atoms with Crippen LogP contribution in [0.4, 0.5) is 0 Å². The molecule has 1 unspecified atom stereocenters. The van der Waals surface area contributed by atoms with E-state index in [1.54, 1.807) is 0 Å². The second-order valence-corrected chi connectivity index (χ2v) is 5.55. The molecule has 1 atom stereocenters. The molecule has 1 rings (SSSR count). The van der Waals surface area contributed by atoms with Crippen molar-refractivity contribution in [3.63, 3.8) is 0 Å². The Labute approximate surface area is 104 Å². The van der Waals surface area contributed by atoms with E-state index in [4.69, 9.17) is 5.73 Å². The van der Waals surface area contributed by atoms with Crippen LogP contribution in [-0.2, 0) is 6.42 Å². The Bertz CT molecular complexity index is 281. The molecule has 1 nitrogen and oxygen atoms in total. The summed E-state index contributed by atoms with van der Waals surface area (Å²) < 4.78 is 0. The maximum atomic E-state index is 5.56. The van der Waals surface area contributed by atoms with Crippen molar-refractivity contribution in [2.45, 2.75) is 38.0 Å². The van der Waals surface area contributed by atoms with Crippen LogP contribution in [0.25, 0.3) is 0 Å². The lowest BCUT2D eigenvalue weighted by Crippen LogP contribution is -2.07. The summed E-state index contributed by atoms with van der Waals surface area (Å²) in [4.78, 5) is 1.39. The molecule has 0 amide bonds. The van der Waals surface area contributed by atoms with Gasteiger partial charge in [0.15, 0.2) is 0 Å². The standard InChI is InChI=1S/C14H23NS/c1-3-10-16-14-6-4-13(5-7-14)11-12(2)8-9-15/h4-7,12H,3,8-11,15H2,1-2H3. The Kier molecular flexibility index (Phi) is 6.58. The highest BCUT2D eigenvalue weighted by Gasteiger charge is 2.02. The summed E-state index contributed by atoms with van der Waals surface area (Å²) in [6.45, 7) is 5.29. The van der Waals surface area contributed by atoms with Crippen molar-refractivity contribution in [3.8, 4) is 0 Å². The third-order valence-corrected chi connectivity index (χ3v) is 3.86. The lowest BCUT2D eigenvalue weighted by atomic mass is 9.98. The zero-order valence-corrected chi connectivity index (χ0v) is 11.2. The van der Waals surface area contributed by atoms with Gasteiger partial charge in [0.1, 0.15) is 0 Å². The average molecular weight is 237 g/mol. The van der Waals surface area contributed by atoms with Crippen molar-refractivity contribution < 1.29 is 0 Å². The third kappa shape index (κ3) is 5.04. The topological polar surface area (TPSA) is 26.0 Å². The van der Waals surface area contributed by atoms with Crippen molar-refractivity contribution in [1.29, 1.82) is 0 Å². The van der Waals surface area contributed by atoms with Crippen LogP contribution < -0.4 is 5.73 Å². The second kappa shape index (κ2) is 7.75. The van der Waals surface area contributed by atoms with E-state index < -0.39 is 0 Å². The minimum Gasteiger partial charge on any atom is -0.330 e. The molecule has 0 saturated heterocycles. The predicted octanol–water partition coefficient (Wildman–Crippen LogP) is 3.72. The van der Waals surface area contributed by atoms with E-state index in [1.807, 2.05) is 11.8 Å². The zero-order chi connectivity index (χ0) is 11.8. The molecular formula is C14H23NS. The van der Waals surface area contributed by atoms with Gasteiger partial charge < -0.3 is 5.73 Å². The SMILES string of the molecule is CCCSc1ccc(CC(C)CCN)cc1. The fraction of sp³-hybridized carbons (Fsp3) is 0.571. The maximum Gasteiger partial charge on any atom is 0.00721 e. The Morgan fingerprint density at radius 3 is 2.50 bits per heavy atom.